The Morgan fingerprint density at radius 1 is 0.480 bits per heavy atom. The second-order valence-corrected chi connectivity index (χ2v) is 24.5. The Morgan fingerprint density at radius 2 is 0.907 bits per heavy atom. The Bertz CT molecular complexity index is 1920. The molecule has 19 nitrogen and oxygen atoms in total. The van der Waals surface area contributed by atoms with Crippen LogP contribution in [0.5, 0.6) is 0 Å². The monoisotopic (exact) mass is 1070 g/mol. The lowest BCUT2D eigenvalue weighted by Gasteiger charge is -2.57. The van der Waals surface area contributed by atoms with Crippen LogP contribution in [0.15, 0.2) is 0 Å². The van der Waals surface area contributed by atoms with Crippen molar-refractivity contribution in [2.45, 2.75) is 286 Å². The quantitative estimate of drug-likeness (QED) is 0.184. The average molecular weight is 1070 g/mol. The standard InChI is InChI=1S/C56H92O19/c1-27-35-14-15-42(57)55(35,8)43-26-41-54(7)18-17-34(20-33(54)16-19-56(41,74-27)75-43)69-44-22-37(60-10)50(29(3)65-44)71-46-24-39(62-12)52(31(5)67-46)73-48-25-40(63-13)53(32(6)68-48)72-47-23-38(61-11)51(30(4)66-47)70-45-21-36(59-9)49(58)28(2)64-45/h27-41,43-53,58H,14-26H2,1-13H3/t27-,28+,29+,30+,31+,32+,33-,34-,35-,36+,37+,38-,39+,40+,41+,43+,44-,45-,46-,47-,48-,49+,50+,51+,52+,53+,54-,55+,56-/m0/s1. The zero-order chi connectivity index (χ0) is 53.3. The molecule has 3 saturated carbocycles. The van der Waals surface area contributed by atoms with Gasteiger partial charge in [-0.05, 0) is 98.3 Å². The van der Waals surface area contributed by atoms with Gasteiger partial charge in [0.2, 0.25) is 0 Å². The van der Waals surface area contributed by atoms with Crippen LogP contribution in [0.2, 0.25) is 0 Å². The van der Waals surface area contributed by atoms with Gasteiger partial charge < -0.3 is 85.6 Å². The highest BCUT2D eigenvalue weighted by Crippen LogP contribution is 2.67. The van der Waals surface area contributed by atoms with Crippen molar-refractivity contribution < 1.29 is 90.4 Å². The Balaban J connectivity index is 0.690. The van der Waals surface area contributed by atoms with Crippen molar-refractivity contribution in [2.24, 2.45) is 28.6 Å². The largest absolute Gasteiger partial charge is 0.388 e. The summed E-state index contributed by atoms with van der Waals surface area (Å²) in [5, 5.41) is 10.5. The molecule has 19 heteroatoms. The van der Waals surface area contributed by atoms with E-state index in [1.807, 2.05) is 27.7 Å². The highest BCUT2D eigenvalue weighted by Gasteiger charge is 2.70. The summed E-state index contributed by atoms with van der Waals surface area (Å²) >= 11 is 0. The lowest BCUT2D eigenvalue weighted by atomic mass is 9.52. The maximum atomic E-state index is 13.4. The molecule has 0 amide bonds. The molecule has 7 aliphatic heterocycles. The first-order valence-electron chi connectivity index (χ1n) is 28.6. The molecule has 29 atom stereocenters. The zero-order valence-corrected chi connectivity index (χ0v) is 47.0. The Kier molecular flexibility index (Phi) is 17.6. The van der Waals surface area contributed by atoms with E-state index < -0.39 is 104 Å². The van der Waals surface area contributed by atoms with Gasteiger partial charge in [-0.2, -0.15) is 0 Å². The number of carbonyl (C=O) groups is 1. The summed E-state index contributed by atoms with van der Waals surface area (Å²) in [6.45, 7) is 16.5. The molecule has 0 radical (unpaired) electrons. The minimum absolute atomic E-state index is 0.00103. The molecule has 430 valence electrons. The SMILES string of the molecule is CO[C@H]1C[C@H](O[C@@H]2[C@@H](C)O[C@@H](O[C@@H]3[C@@H](C)O[C@@H](O[C@@H]4[C@@H](C)O[C@@H](O[C@H]5CC[C@@]6(C)[C@@H](CC[C@@]78O[C@@H](C)[C@@H]9CCC(=O)[C@]9(C)[C@@H](C[C@@H]76)O8)C5)C[C@H]4OC)C[C@H]3OC)C[C@H]2OC)O[C@H](C)[C@H]1O[C@H]1C[C@@H](OC)[C@H](O)[C@@H](C)O1. The van der Waals surface area contributed by atoms with Gasteiger partial charge >= 0.3 is 0 Å². The highest BCUT2D eigenvalue weighted by molar-refractivity contribution is 5.88. The van der Waals surface area contributed by atoms with Gasteiger partial charge in [-0.1, -0.05) is 6.92 Å². The lowest BCUT2D eigenvalue weighted by molar-refractivity contribution is -0.352. The molecule has 7 saturated heterocycles. The first-order chi connectivity index (χ1) is 35.8. The predicted octanol–water partition coefficient (Wildman–Crippen LogP) is 6.13. The van der Waals surface area contributed by atoms with Gasteiger partial charge in [0.1, 0.15) is 36.3 Å². The second-order valence-electron chi connectivity index (χ2n) is 24.5. The van der Waals surface area contributed by atoms with Crippen LogP contribution in [0.4, 0.5) is 0 Å². The number of methoxy groups -OCH3 is 5. The summed E-state index contributed by atoms with van der Waals surface area (Å²) in [6, 6.07) is 0. The third-order valence-corrected chi connectivity index (χ3v) is 20.3. The van der Waals surface area contributed by atoms with Gasteiger partial charge in [-0.25, -0.2) is 0 Å². The maximum absolute atomic E-state index is 13.4. The molecule has 10 rings (SSSR count). The van der Waals surface area contributed by atoms with Crippen LogP contribution < -0.4 is 0 Å². The van der Waals surface area contributed by atoms with E-state index in [0.29, 0.717) is 50.2 Å². The second kappa shape index (κ2) is 23.1. The van der Waals surface area contributed by atoms with Crippen LogP contribution in [0, 0.1) is 28.6 Å². The third-order valence-electron chi connectivity index (χ3n) is 20.3. The molecule has 0 aromatic rings. The number of Topliss-reactive ketones (excluding diaryl/α,β-unsaturated/α-hetero) is 1. The third kappa shape index (κ3) is 10.9. The van der Waals surface area contributed by atoms with E-state index in [9.17, 15) is 9.90 Å². The topological polar surface area (TPSA) is 194 Å². The van der Waals surface area contributed by atoms with E-state index in [1.165, 1.54) is 0 Å². The minimum Gasteiger partial charge on any atom is -0.388 e. The van der Waals surface area contributed by atoms with Gasteiger partial charge in [-0.15, -0.1) is 0 Å². The molecule has 0 aromatic carbocycles. The van der Waals surface area contributed by atoms with Gasteiger partial charge in [0.05, 0.1) is 84.8 Å². The summed E-state index contributed by atoms with van der Waals surface area (Å²) in [6.07, 6.45) is 0.175. The summed E-state index contributed by atoms with van der Waals surface area (Å²) in [5.41, 5.74) is -0.431. The van der Waals surface area contributed by atoms with Crippen molar-refractivity contribution in [3.8, 4) is 0 Å². The fraction of sp³-hybridized carbons (Fsp3) is 0.982. The molecule has 1 N–H and O–H groups in total. The minimum atomic E-state index is -0.740. The molecule has 10 aliphatic rings. The number of hydrogen-bond acceptors (Lipinski definition) is 19. The van der Waals surface area contributed by atoms with E-state index in [-0.39, 0.29) is 66.1 Å². The fourth-order valence-corrected chi connectivity index (χ4v) is 16.0. The summed E-state index contributed by atoms with van der Waals surface area (Å²) < 4.78 is 109. The first kappa shape index (κ1) is 57.2. The number of hydrogen-bond donors (Lipinski definition) is 1. The van der Waals surface area contributed by atoms with Gasteiger partial charge in [0.25, 0.3) is 0 Å². The van der Waals surface area contributed by atoms with Crippen molar-refractivity contribution in [2.75, 3.05) is 35.5 Å². The van der Waals surface area contributed by atoms with E-state index in [2.05, 4.69) is 20.8 Å². The van der Waals surface area contributed by atoms with Gasteiger partial charge in [0, 0.05) is 92.3 Å². The number of carbonyl (C=O) groups excluding carboxylic acids is 1. The molecule has 10 fully saturated rings. The Labute approximate surface area is 445 Å². The average Bonchev–Trinajstić information content (AvgIpc) is 3.91. The van der Waals surface area contributed by atoms with Crippen LogP contribution in [0.1, 0.15) is 139 Å². The van der Waals surface area contributed by atoms with Crippen LogP contribution in [0.25, 0.3) is 0 Å². The maximum Gasteiger partial charge on any atom is 0.172 e. The number of aliphatic hydroxyl groups is 1. The van der Waals surface area contributed by atoms with Crippen molar-refractivity contribution in [3.05, 3.63) is 0 Å². The van der Waals surface area contributed by atoms with E-state index in [4.69, 9.17) is 80.5 Å². The summed E-state index contributed by atoms with van der Waals surface area (Å²) in [7, 11) is 8.29. The molecule has 3 aliphatic carbocycles. The highest BCUT2D eigenvalue weighted by atomic mass is 16.8. The van der Waals surface area contributed by atoms with Crippen molar-refractivity contribution >= 4 is 5.78 Å². The van der Waals surface area contributed by atoms with Crippen molar-refractivity contribution in [3.63, 3.8) is 0 Å². The molecular weight excluding hydrogens is 977 g/mol. The molecule has 0 aromatic heterocycles. The molecule has 2 bridgehead atoms. The van der Waals surface area contributed by atoms with Crippen LogP contribution >= 0.6 is 0 Å². The summed E-state index contributed by atoms with van der Waals surface area (Å²) in [4.78, 5) is 13.4. The first-order valence-corrected chi connectivity index (χ1v) is 28.6. The Morgan fingerprint density at radius 3 is 1.36 bits per heavy atom. The predicted molar refractivity (Wildman–Crippen MR) is 266 cm³/mol. The van der Waals surface area contributed by atoms with Crippen LogP contribution in [-0.4, -0.2) is 194 Å². The number of rotatable bonds is 15. The van der Waals surface area contributed by atoms with E-state index >= 15 is 0 Å². The lowest BCUT2D eigenvalue weighted by Crippen LogP contribution is -2.58. The molecule has 1 spiro atoms. The Hall–Kier alpha value is -1.05. The van der Waals surface area contributed by atoms with Crippen molar-refractivity contribution in [1.29, 1.82) is 0 Å². The number of ketones is 1. The van der Waals surface area contributed by atoms with E-state index in [1.54, 1.807) is 42.5 Å². The number of ether oxygens (including phenoxy) is 17. The van der Waals surface area contributed by atoms with Gasteiger partial charge in [-0.3, -0.25) is 4.79 Å². The van der Waals surface area contributed by atoms with Gasteiger partial charge in [0.15, 0.2) is 37.2 Å². The van der Waals surface area contributed by atoms with Crippen molar-refractivity contribution in [1.82, 2.24) is 0 Å². The molecule has 0 unspecified atom stereocenters. The summed E-state index contributed by atoms with van der Waals surface area (Å²) in [5.74, 6) is 0.678. The zero-order valence-electron chi connectivity index (χ0n) is 47.0. The number of fused-ring (bicyclic) bond motifs is 5. The number of aliphatic hydroxyl groups excluding tert-OH is 1. The fourth-order valence-electron chi connectivity index (χ4n) is 16.0. The van der Waals surface area contributed by atoms with Crippen LogP contribution in [0.3, 0.4) is 0 Å². The molecule has 75 heavy (non-hydrogen) atoms. The van der Waals surface area contributed by atoms with Crippen LogP contribution in [-0.2, 0) is 85.3 Å². The van der Waals surface area contributed by atoms with E-state index in [0.717, 1.165) is 44.9 Å². The molecular formula is C56H92O19. The smallest absolute Gasteiger partial charge is 0.172 e. The molecule has 7 heterocycles. The normalized spacial score (nSPS) is 54.2.